The normalized spacial score (nSPS) is 11.5. The smallest absolute Gasteiger partial charge is 0.254 e. The van der Waals surface area contributed by atoms with Crippen LogP contribution in [0.25, 0.3) is 0 Å². The van der Waals surface area contributed by atoms with E-state index in [4.69, 9.17) is 4.74 Å². The molecule has 0 aliphatic rings. The predicted molar refractivity (Wildman–Crippen MR) is 69.7 cm³/mol. The molecule has 0 radical (unpaired) electrons. The van der Waals surface area contributed by atoms with E-state index in [0.29, 0.717) is 12.3 Å². The summed E-state index contributed by atoms with van der Waals surface area (Å²) in [6, 6.07) is 1.14. The number of nitrogens with zero attached hydrogens (tertiary/aromatic N) is 2. The van der Waals surface area contributed by atoms with Crippen LogP contribution in [0.2, 0.25) is 25.7 Å². The second kappa shape index (κ2) is 5.97. The van der Waals surface area contributed by atoms with Gasteiger partial charge in [0.05, 0.1) is 11.8 Å². The van der Waals surface area contributed by atoms with Crippen LogP contribution < -0.4 is 5.32 Å². The van der Waals surface area contributed by atoms with Gasteiger partial charge in [-0.15, -0.1) is 0 Å². The van der Waals surface area contributed by atoms with E-state index in [1.165, 1.54) is 0 Å². The van der Waals surface area contributed by atoms with Crippen molar-refractivity contribution in [2.75, 3.05) is 13.7 Å². The third kappa shape index (κ3) is 5.14. The summed E-state index contributed by atoms with van der Waals surface area (Å²) in [6.07, 6.45) is 3.23. The standard InChI is InChI=1S/C11H21N3O2Si/c1-12-11(15)10-7-13-14(8-10)9-16-5-6-17(2,3)4/h7-8H,5-6,9H2,1-4H3,(H,12,15). The Morgan fingerprint density at radius 2 is 2.24 bits per heavy atom. The Labute approximate surface area is 103 Å². The lowest BCUT2D eigenvalue weighted by molar-refractivity contribution is 0.0784. The molecule has 0 unspecified atom stereocenters. The summed E-state index contributed by atoms with van der Waals surface area (Å²) in [7, 11) is 0.569. The first-order chi connectivity index (χ1) is 7.92. The van der Waals surface area contributed by atoms with Gasteiger partial charge in [-0.2, -0.15) is 5.10 Å². The third-order valence-electron chi connectivity index (χ3n) is 2.34. The highest BCUT2D eigenvalue weighted by atomic mass is 28.3. The van der Waals surface area contributed by atoms with E-state index < -0.39 is 8.07 Å². The minimum absolute atomic E-state index is 0.127. The Bertz CT molecular complexity index is 371. The Hall–Kier alpha value is -1.14. The number of hydrogen-bond donors (Lipinski definition) is 1. The van der Waals surface area contributed by atoms with E-state index in [1.807, 2.05) is 0 Å². The third-order valence-corrected chi connectivity index (χ3v) is 4.05. The fourth-order valence-electron chi connectivity index (χ4n) is 1.23. The topological polar surface area (TPSA) is 56.2 Å². The van der Waals surface area contributed by atoms with Crippen LogP contribution in [0.5, 0.6) is 0 Å². The molecule has 17 heavy (non-hydrogen) atoms. The second-order valence-corrected chi connectivity index (χ2v) is 10.8. The molecule has 0 aliphatic heterocycles. The first-order valence-corrected chi connectivity index (χ1v) is 9.45. The molecule has 1 aromatic heterocycles. The number of rotatable bonds is 6. The average molecular weight is 255 g/mol. The van der Waals surface area contributed by atoms with Crippen molar-refractivity contribution in [1.82, 2.24) is 15.1 Å². The number of ether oxygens (including phenoxy) is 1. The monoisotopic (exact) mass is 255 g/mol. The van der Waals surface area contributed by atoms with E-state index in [-0.39, 0.29) is 5.91 Å². The molecule has 0 saturated carbocycles. The zero-order chi connectivity index (χ0) is 12.9. The SMILES string of the molecule is CNC(=O)c1cnn(COCC[Si](C)(C)C)c1. The number of carbonyl (C=O) groups excluding carboxylic acids is 1. The maximum absolute atomic E-state index is 11.3. The van der Waals surface area contributed by atoms with E-state index in [9.17, 15) is 4.79 Å². The molecule has 96 valence electrons. The summed E-state index contributed by atoms with van der Waals surface area (Å²) < 4.78 is 7.16. The lowest BCUT2D eigenvalue weighted by atomic mass is 10.3. The van der Waals surface area contributed by atoms with Gasteiger partial charge in [0, 0.05) is 27.9 Å². The summed E-state index contributed by atoms with van der Waals surface area (Å²) in [6.45, 7) is 8.10. The average Bonchev–Trinajstić information content (AvgIpc) is 2.70. The van der Waals surface area contributed by atoms with E-state index >= 15 is 0 Å². The molecular weight excluding hydrogens is 234 g/mol. The highest BCUT2D eigenvalue weighted by Crippen LogP contribution is 2.07. The maximum atomic E-state index is 11.3. The largest absolute Gasteiger partial charge is 0.360 e. The number of aromatic nitrogens is 2. The predicted octanol–water partition coefficient (Wildman–Crippen LogP) is 1.55. The minimum Gasteiger partial charge on any atom is -0.360 e. The maximum Gasteiger partial charge on any atom is 0.254 e. The van der Waals surface area contributed by atoms with Crippen LogP contribution in [-0.4, -0.2) is 37.4 Å². The number of nitrogens with one attached hydrogen (secondary N) is 1. The first-order valence-electron chi connectivity index (χ1n) is 5.75. The van der Waals surface area contributed by atoms with Crippen LogP contribution >= 0.6 is 0 Å². The summed E-state index contributed by atoms with van der Waals surface area (Å²) in [4.78, 5) is 11.3. The lowest BCUT2D eigenvalue weighted by Crippen LogP contribution is -2.22. The van der Waals surface area contributed by atoms with Crippen molar-refractivity contribution in [2.24, 2.45) is 0 Å². The van der Waals surface area contributed by atoms with Gasteiger partial charge in [0.25, 0.3) is 5.91 Å². The molecule has 0 bridgehead atoms. The Morgan fingerprint density at radius 1 is 1.53 bits per heavy atom. The van der Waals surface area contributed by atoms with Crippen LogP contribution in [0.3, 0.4) is 0 Å². The van der Waals surface area contributed by atoms with Gasteiger partial charge in [0.1, 0.15) is 6.73 Å². The van der Waals surface area contributed by atoms with Crippen molar-refractivity contribution in [3.63, 3.8) is 0 Å². The van der Waals surface area contributed by atoms with Crippen LogP contribution in [0.15, 0.2) is 12.4 Å². The quantitative estimate of drug-likeness (QED) is 0.620. The lowest BCUT2D eigenvalue weighted by Gasteiger charge is -2.15. The molecule has 5 nitrogen and oxygen atoms in total. The van der Waals surface area contributed by atoms with Crippen molar-refractivity contribution >= 4 is 14.0 Å². The summed E-state index contributed by atoms with van der Waals surface area (Å²) >= 11 is 0. The van der Waals surface area contributed by atoms with Crippen molar-refractivity contribution < 1.29 is 9.53 Å². The van der Waals surface area contributed by atoms with E-state index in [1.54, 1.807) is 24.1 Å². The fraction of sp³-hybridized carbons (Fsp3) is 0.636. The molecule has 0 aliphatic carbocycles. The second-order valence-electron chi connectivity index (χ2n) is 5.20. The molecule has 1 heterocycles. The molecule has 1 rings (SSSR count). The number of hydrogen-bond acceptors (Lipinski definition) is 3. The van der Waals surface area contributed by atoms with Crippen LogP contribution in [-0.2, 0) is 11.5 Å². The van der Waals surface area contributed by atoms with Crippen molar-refractivity contribution in [3.05, 3.63) is 18.0 Å². The van der Waals surface area contributed by atoms with Gasteiger partial charge in [-0.25, -0.2) is 4.68 Å². The van der Waals surface area contributed by atoms with Gasteiger partial charge in [-0.3, -0.25) is 4.79 Å². The molecule has 0 atom stereocenters. The summed E-state index contributed by atoms with van der Waals surface area (Å²) in [5, 5.41) is 6.62. The molecule has 1 N–H and O–H groups in total. The van der Waals surface area contributed by atoms with Crippen molar-refractivity contribution in [1.29, 1.82) is 0 Å². The number of amides is 1. The minimum atomic E-state index is -1.03. The zero-order valence-corrected chi connectivity index (χ0v) is 12.0. The van der Waals surface area contributed by atoms with Gasteiger partial charge in [0.15, 0.2) is 0 Å². The van der Waals surface area contributed by atoms with Crippen LogP contribution in [0.1, 0.15) is 10.4 Å². The van der Waals surface area contributed by atoms with Crippen molar-refractivity contribution in [2.45, 2.75) is 32.4 Å². The Balaban J connectivity index is 2.33. The van der Waals surface area contributed by atoms with Gasteiger partial charge < -0.3 is 10.1 Å². The molecule has 1 amide bonds. The molecule has 0 fully saturated rings. The van der Waals surface area contributed by atoms with Gasteiger partial charge in [-0.05, 0) is 6.04 Å². The van der Waals surface area contributed by atoms with Gasteiger partial charge in [0.2, 0.25) is 0 Å². The summed E-state index contributed by atoms with van der Waals surface area (Å²) in [5.74, 6) is -0.127. The highest BCUT2D eigenvalue weighted by molar-refractivity contribution is 6.76. The molecule has 0 aromatic carbocycles. The molecule has 1 aromatic rings. The highest BCUT2D eigenvalue weighted by Gasteiger charge is 2.12. The molecule has 0 spiro atoms. The Kier molecular flexibility index (Phi) is 4.89. The molecular formula is C11H21N3O2Si. The Morgan fingerprint density at radius 3 is 2.82 bits per heavy atom. The fourth-order valence-corrected chi connectivity index (χ4v) is 1.99. The number of carbonyl (C=O) groups is 1. The van der Waals surface area contributed by atoms with Crippen molar-refractivity contribution in [3.8, 4) is 0 Å². The van der Waals surface area contributed by atoms with Crippen LogP contribution in [0, 0.1) is 0 Å². The first kappa shape index (κ1) is 13.9. The van der Waals surface area contributed by atoms with Gasteiger partial charge >= 0.3 is 0 Å². The molecule has 6 heteroatoms. The zero-order valence-electron chi connectivity index (χ0n) is 11.0. The molecule has 0 saturated heterocycles. The summed E-state index contributed by atoms with van der Waals surface area (Å²) in [5.41, 5.74) is 0.557. The van der Waals surface area contributed by atoms with E-state index in [2.05, 4.69) is 30.1 Å². The van der Waals surface area contributed by atoms with E-state index in [0.717, 1.165) is 12.7 Å². The van der Waals surface area contributed by atoms with Crippen LogP contribution in [0.4, 0.5) is 0 Å². The van der Waals surface area contributed by atoms with Gasteiger partial charge in [-0.1, -0.05) is 19.6 Å².